The predicted molar refractivity (Wildman–Crippen MR) is 103 cm³/mol. The minimum Gasteiger partial charge on any atom is -0.508 e. The van der Waals surface area contributed by atoms with E-state index in [0.717, 1.165) is 0 Å². The van der Waals surface area contributed by atoms with Crippen molar-refractivity contribution in [2.45, 2.75) is 44.3 Å². The lowest BCUT2D eigenvalue weighted by Gasteiger charge is -2.28. The minimum absolute atomic E-state index is 0.0595. The molecule has 1 aromatic carbocycles. The average Bonchev–Trinajstić information content (AvgIpc) is 3.18. The number of hydrogen-bond donors (Lipinski definition) is 5. The van der Waals surface area contributed by atoms with E-state index in [-0.39, 0.29) is 25.3 Å². The first-order valence-electron chi connectivity index (χ1n) is 9.34. The van der Waals surface area contributed by atoms with Crippen molar-refractivity contribution in [3.05, 3.63) is 29.8 Å². The fourth-order valence-corrected chi connectivity index (χ4v) is 3.22. The van der Waals surface area contributed by atoms with Crippen LogP contribution >= 0.6 is 0 Å². The van der Waals surface area contributed by atoms with Crippen LogP contribution in [0.1, 0.15) is 25.3 Å². The number of nitrogens with two attached hydrogens (primary N) is 1. The SMILES string of the molecule is CC(NC(=O)CN)C(=O)NC(Cc1ccc(O)cc1)C(=O)N1CCCC1C(=O)O. The van der Waals surface area contributed by atoms with Gasteiger partial charge in [0.25, 0.3) is 0 Å². The lowest BCUT2D eigenvalue weighted by molar-refractivity contribution is -0.149. The molecule has 0 saturated carbocycles. The van der Waals surface area contributed by atoms with Crippen LogP contribution < -0.4 is 16.4 Å². The van der Waals surface area contributed by atoms with Crippen LogP contribution in [-0.4, -0.2) is 70.0 Å². The van der Waals surface area contributed by atoms with Crippen molar-refractivity contribution in [3.63, 3.8) is 0 Å². The molecule has 1 aliphatic rings. The molecule has 2 rings (SSSR count). The second kappa shape index (κ2) is 9.87. The Balaban J connectivity index is 2.19. The Morgan fingerprint density at radius 3 is 2.45 bits per heavy atom. The summed E-state index contributed by atoms with van der Waals surface area (Å²) in [6.07, 6.45) is 1.01. The van der Waals surface area contributed by atoms with E-state index in [0.29, 0.717) is 18.4 Å². The first-order chi connectivity index (χ1) is 13.7. The smallest absolute Gasteiger partial charge is 0.326 e. The zero-order chi connectivity index (χ0) is 21.6. The zero-order valence-corrected chi connectivity index (χ0v) is 16.1. The first kappa shape index (κ1) is 22.2. The van der Waals surface area contributed by atoms with Crippen LogP contribution in [-0.2, 0) is 25.6 Å². The monoisotopic (exact) mass is 406 g/mol. The predicted octanol–water partition coefficient (Wildman–Crippen LogP) is -1.04. The van der Waals surface area contributed by atoms with Crippen LogP contribution in [0.3, 0.4) is 0 Å². The fraction of sp³-hybridized carbons (Fsp3) is 0.474. The summed E-state index contributed by atoms with van der Waals surface area (Å²) in [5.74, 6) is -2.64. The van der Waals surface area contributed by atoms with E-state index < -0.39 is 41.8 Å². The Morgan fingerprint density at radius 2 is 1.86 bits per heavy atom. The molecule has 29 heavy (non-hydrogen) atoms. The Kier molecular flexibility index (Phi) is 7.54. The molecular formula is C19H26N4O6. The van der Waals surface area contributed by atoms with Gasteiger partial charge < -0.3 is 31.5 Å². The van der Waals surface area contributed by atoms with Crippen molar-refractivity contribution in [2.75, 3.05) is 13.1 Å². The number of phenols is 1. The van der Waals surface area contributed by atoms with E-state index in [1.807, 2.05) is 0 Å². The van der Waals surface area contributed by atoms with Gasteiger partial charge in [-0.05, 0) is 37.5 Å². The van der Waals surface area contributed by atoms with Crippen LogP contribution in [0, 0.1) is 0 Å². The van der Waals surface area contributed by atoms with Gasteiger partial charge in [0.1, 0.15) is 23.9 Å². The average molecular weight is 406 g/mol. The Bertz CT molecular complexity index is 766. The molecule has 1 heterocycles. The summed E-state index contributed by atoms with van der Waals surface area (Å²) in [6.45, 7) is 1.47. The van der Waals surface area contributed by atoms with Crippen LogP contribution in [0.15, 0.2) is 24.3 Å². The molecule has 0 aliphatic carbocycles. The molecule has 10 heteroatoms. The summed E-state index contributed by atoms with van der Waals surface area (Å²) in [4.78, 5) is 49.7. The van der Waals surface area contributed by atoms with Crippen molar-refractivity contribution < 1.29 is 29.4 Å². The van der Waals surface area contributed by atoms with Gasteiger partial charge in [-0.3, -0.25) is 14.4 Å². The summed E-state index contributed by atoms with van der Waals surface area (Å²) in [6, 6.07) is 3.26. The number of phenolic OH excluding ortho intramolecular Hbond substituents is 1. The maximum atomic E-state index is 13.1. The molecule has 3 unspecified atom stereocenters. The number of hydrogen-bond acceptors (Lipinski definition) is 6. The third-order valence-corrected chi connectivity index (χ3v) is 4.77. The van der Waals surface area contributed by atoms with Gasteiger partial charge in [-0.25, -0.2) is 4.79 Å². The molecule has 6 N–H and O–H groups in total. The topological polar surface area (TPSA) is 162 Å². The van der Waals surface area contributed by atoms with E-state index in [4.69, 9.17) is 5.73 Å². The molecule has 1 aromatic rings. The quantitative estimate of drug-likeness (QED) is 0.368. The van der Waals surface area contributed by atoms with Crippen molar-refractivity contribution in [2.24, 2.45) is 5.73 Å². The molecule has 1 aliphatic heterocycles. The van der Waals surface area contributed by atoms with Crippen LogP contribution in [0.25, 0.3) is 0 Å². The van der Waals surface area contributed by atoms with Crippen LogP contribution in [0.2, 0.25) is 0 Å². The zero-order valence-electron chi connectivity index (χ0n) is 16.1. The number of amides is 3. The molecule has 10 nitrogen and oxygen atoms in total. The number of benzene rings is 1. The second-order valence-corrected chi connectivity index (χ2v) is 6.95. The molecule has 1 fully saturated rings. The second-order valence-electron chi connectivity index (χ2n) is 6.95. The highest BCUT2D eigenvalue weighted by Crippen LogP contribution is 2.20. The number of carboxylic acid groups (broad SMARTS) is 1. The summed E-state index contributed by atoms with van der Waals surface area (Å²) in [5.41, 5.74) is 5.90. The molecule has 0 spiro atoms. The van der Waals surface area contributed by atoms with E-state index >= 15 is 0 Å². The van der Waals surface area contributed by atoms with Crippen molar-refractivity contribution in [3.8, 4) is 5.75 Å². The minimum atomic E-state index is -1.09. The molecule has 3 atom stereocenters. The van der Waals surface area contributed by atoms with Gasteiger partial charge >= 0.3 is 5.97 Å². The highest BCUT2D eigenvalue weighted by Gasteiger charge is 2.38. The Morgan fingerprint density at radius 1 is 1.21 bits per heavy atom. The Hall–Kier alpha value is -3.14. The van der Waals surface area contributed by atoms with Crippen LogP contribution in [0.5, 0.6) is 5.75 Å². The van der Waals surface area contributed by atoms with Gasteiger partial charge in [-0.2, -0.15) is 0 Å². The summed E-state index contributed by atoms with van der Waals surface area (Å²) in [5, 5.41) is 23.8. The summed E-state index contributed by atoms with van der Waals surface area (Å²) < 4.78 is 0. The number of likely N-dealkylation sites (tertiary alicyclic amines) is 1. The lowest BCUT2D eigenvalue weighted by Crippen LogP contribution is -2.56. The van der Waals surface area contributed by atoms with E-state index in [2.05, 4.69) is 10.6 Å². The van der Waals surface area contributed by atoms with E-state index in [1.54, 1.807) is 12.1 Å². The van der Waals surface area contributed by atoms with Gasteiger partial charge in [0, 0.05) is 13.0 Å². The number of carbonyl (C=O) groups is 4. The highest BCUT2D eigenvalue weighted by atomic mass is 16.4. The molecular weight excluding hydrogens is 380 g/mol. The van der Waals surface area contributed by atoms with Crippen LogP contribution in [0.4, 0.5) is 0 Å². The molecule has 3 amide bonds. The highest BCUT2D eigenvalue weighted by molar-refractivity contribution is 5.93. The van der Waals surface area contributed by atoms with Crippen molar-refractivity contribution >= 4 is 23.7 Å². The summed E-state index contributed by atoms with van der Waals surface area (Å²) in [7, 11) is 0. The van der Waals surface area contributed by atoms with Gasteiger partial charge in [0.15, 0.2) is 0 Å². The first-order valence-corrected chi connectivity index (χ1v) is 9.34. The van der Waals surface area contributed by atoms with Gasteiger partial charge in [0.05, 0.1) is 6.54 Å². The number of carbonyl (C=O) groups excluding carboxylic acids is 3. The van der Waals surface area contributed by atoms with E-state index in [1.165, 1.54) is 24.0 Å². The summed E-state index contributed by atoms with van der Waals surface area (Å²) >= 11 is 0. The maximum Gasteiger partial charge on any atom is 0.326 e. The lowest BCUT2D eigenvalue weighted by atomic mass is 10.0. The molecule has 158 valence electrons. The number of aliphatic carboxylic acids is 1. The molecule has 1 saturated heterocycles. The third-order valence-electron chi connectivity index (χ3n) is 4.77. The number of nitrogens with one attached hydrogen (secondary N) is 2. The fourth-order valence-electron chi connectivity index (χ4n) is 3.22. The van der Waals surface area contributed by atoms with Gasteiger partial charge in [-0.15, -0.1) is 0 Å². The molecule has 0 radical (unpaired) electrons. The Labute approximate surface area is 168 Å². The van der Waals surface area contributed by atoms with Gasteiger partial charge in [0.2, 0.25) is 17.7 Å². The number of rotatable bonds is 8. The van der Waals surface area contributed by atoms with Crippen molar-refractivity contribution in [1.29, 1.82) is 0 Å². The number of aromatic hydroxyl groups is 1. The number of carboxylic acids is 1. The normalized spacial score (nSPS) is 18.0. The number of nitrogens with zero attached hydrogens (tertiary/aromatic N) is 1. The van der Waals surface area contributed by atoms with Crippen molar-refractivity contribution in [1.82, 2.24) is 15.5 Å². The molecule has 0 bridgehead atoms. The molecule has 0 aromatic heterocycles. The third kappa shape index (κ3) is 5.92. The maximum absolute atomic E-state index is 13.1. The standard InChI is InChI=1S/C19H26N4O6/c1-11(21-16(25)10-20)17(26)22-14(9-12-4-6-13(24)7-5-12)18(27)23-8-2-3-15(23)19(28)29/h4-7,11,14-15,24H,2-3,8-10,20H2,1H3,(H,21,25)(H,22,26)(H,28,29). The van der Waals surface area contributed by atoms with E-state index in [9.17, 15) is 29.4 Å². The van der Waals surface area contributed by atoms with Gasteiger partial charge in [-0.1, -0.05) is 12.1 Å². The largest absolute Gasteiger partial charge is 0.508 e.